The first-order chi connectivity index (χ1) is 6.77. The van der Waals surface area contributed by atoms with Crippen LogP contribution in [0.2, 0.25) is 0 Å². The summed E-state index contributed by atoms with van der Waals surface area (Å²) in [5.74, 6) is 0.935. The SMILES string of the molecule is Cc1ccsc1C(=O)NC1=NCCS1. The van der Waals surface area contributed by atoms with Crippen molar-refractivity contribution in [1.82, 2.24) is 5.32 Å². The Hall–Kier alpha value is -0.810. The van der Waals surface area contributed by atoms with E-state index in [1.165, 1.54) is 11.3 Å². The summed E-state index contributed by atoms with van der Waals surface area (Å²) in [6.07, 6.45) is 0. The van der Waals surface area contributed by atoms with Gasteiger partial charge >= 0.3 is 0 Å². The predicted octanol–water partition coefficient (Wildman–Crippen LogP) is 1.89. The summed E-state index contributed by atoms with van der Waals surface area (Å²) in [4.78, 5) is 16.6. The van der Waals surface area contributed by atoms with Gasteiger partial charge in [0.15, 0.2) is 5.17 Å². The Morgan fingerprint density at radius 3 is 3.07 bits per heavy atom. The van der Waals surface area contributed by atoms with E-state index in [0.717, 1.165) is 27.9 Å². The lowest BCUT2D eigenvalue weighted by Gasteiger charge is -2.02. The fourth-order valence-corrected chi connectivity index (χ4v) is 2.71. The summed E-state index contributed by atoms with van der Waals surface area (Å²) >= 11 is 3.06. The predicted molar refractivity (Wildman–Crippen MR) is 61.3 cm³/mol. The summed E-state index contributed by atoms with van der Waals surface area (Å²) in [6, 6.07) is 1.95. The summed E-state index contributed by atoms with van der Waals surface area (Å²) in [5.41, 5.74) is 1.02. The molecule has 0 aliphatic carbocycles. The molecule has 14 heavy (non-hydrogen) atoms. The van der Waals surface area contributed by atoms with E-state index >= 15 is 0 Å². The minimum Gasteiger partial charge on any atom is -0.301 e. The van der Waals surface area contributed by atoms with Crippen LogP contribution in [0.15, 0.2) is 16.4 Å². The van der Waals surface area contributed by atoms with Crippen LogP contribution in [0.25, 0.3) is 0 Å². The van der Waals surface area contributed by atoms with Crippen LogP contribution in [0.3, 0.4) is 0 Å². The average molecular weight is 226 g/mol. The van der Waals surface area contributed by atoms with Gasteiger partial charge in [-0.05, 0) is 23.9 Å². The van der Waals surface area contributed by atoms with Gasteiger partial charge in [-0.25, -0.2) is 0 Å². The summed E-state index contributed by atoms with van der Waals surface area (Å²) in [7, 11) is 0. The highest BCUT2D eigenvalue weighted by Gasteiger charge is 2.14. The Labute approximate surface area is 90.6 Å². The van der Waals surface area contributed by atoms with Crippen LogP contribution in [-0.2, 0) is 0 Å². The van der Waals surface area contributed by atoms with Crippen LogP contribution < -0.4 is 5.32 Å². The highest BCUT2D eigenvalue weighted by atomic mass is 32.2. The maximum absolute atomic E-state index is 11.7. The van der Waals surface area contributed by atoms with Gasteiger partial charge in [0.1, 0.15) is 0 Å². The first-order valence-corrected chi connectivity index (χ1v) is 6.16. The number of thioether (sulfide) groups is 1. The largest absolute Gasteiger partial charge is 0.301 e. The van der Waals surface area contributed by atoms with Crippen LogP contribution in [0, 0.1) is 6.92 Å². The number of aryl methyl sites for hydroxylation is 1. The van der Waals surface area contributed by atoms with Crippen molar-refractivity contribution < 1.29 is 4.79 Å². The van der Waals surface area contributed by atoms with E-state index in [0.29, 0.717) is 0 Å². The molecule has 0 bridgehead atoms. The van der Waals surface area contributed by atoms with E-state index in [9.17, 15) is 4.79 Å². The van der Waals surface area contributed by atoms with Gasteiger partial charge in [-0.2, -0.15) is 0 Å². The molecule has 0 atom stereocenters. The second-order valence-corrected chi connectivity index (χ2v) is 4.92. The Morgan fingerprint density at radius 2 is 2.50 bits per heavy atom. The van der Waals surface area contributed by atoms with Gasteiger partial charge < -0.3 is 5.32 Å². The number of hydrogen-bond donors (Lipinski definition) is 1. The summed E-state index contributed by atoms with van der Waals surface area (Å²) in [5, 5.41) is 5.48. The zero-order valence-corrected chi connectivity index (χ0v) is 9.37. The lowest BCUT2D eigenvalue weighted by atomic mass is 10.3. The van der Waals surface area contributed by atoms with Gasteiger partial charge in [-0.3, -0.25) is 9.79 Å². The molecule has 1 aliphatic heterocycles. The smallest absolute Gasteiger partial charge is 0.267 e. The lowest BCUT2D eigenvalue weighted by molar-refractivity contribution is 0.0981. The van der Waals surface area contributed by atoms with E-state index in [1.807, 2.05) is 18.4 Å². The summed E-state index contributed by atoms with van der Waals surface area (Å²) in [6.45, 7) is 2.75. The number of rotatable bonds is 1. The number of carbonyl (C=O) groups excluding carboxylic acids is 1. The average Bonchev–Trinajstić information content (AvgIpc) is 2.75. The molecule has 2 heterocycles. The molecule has 74 valence electrons. The Morgan fingerprint density at radius 1 is 1.64 bits per heavy atom. The molecule has 0 unspecified atom stereocenters. The van der Waals surface area contributed by atoms with E-state index in [-0.39, 0.29) is 5.91 Å². The number of nitrogens with zero attached hydrogens (tertiary/aromatic N) is 1. The van der Waals surface area contributed by atoms with E-state index < -0.39 is 0 Å². The van der Waals surface area contributed by atoms with Gasteiger partial charge in [-0.15, -0.1) is 11.3 Å². The van der Waals surface area contributed by atoms with Crippen molar-refractivity contribution in [2.75, 3.05) is 12.3 Å². The molecule has 0 fully saturated rings. The molecule has 1 aliphatic rings. The van der Waals surface area contributed by atoms with Crippen molar-refractivity contribution >= 4 is 34.2 Å². The van der Waals surface area contributed by atoms with Crippen molar-refractivity contribution in [3.8, 4) is 0 Å². The highest BCUT2D eigenvalue weighted by Crippen LogP contribution is 2.16. The fourth-order valence-electron chi connectivity index (χ4n) is 1.17. The molecule has 1 aromatic heterocycles. The minimum absolute atomic E-state index is 0.0364. The molecule has 0 radical (unpaired) electrons. The zero-order chi connectivity index (χ0) is 9.97. The molecular weight excluding hydrogens is 216 g/mol. The lowest BCUT2D eigenvalue weighted by Crippen LogP contribution is -2.27. The number of aliphatic imine (C=N–C) groups is 1. The normalized spacial score (nSPS) is 15.4. The molecule has 5 heteroatoms. The van der Waals surface area contributed by atoms with Crippen molar-refractivity contribution in [1.29, 1.82) is 0 Å². The molecule has 0 saturated heterocycles. The van der Waals surface area contributed by atoms with Crippen LogP contribution in [-0.4, -0.2) is 23.4 Å². The molecule has 0 aromatic carbocycles. The van der Waals surface area contributed by atoms with Gasteiger partial charge in [0.2, 0.25) is 0 Å². The van der Waals surface area contributed by atoms with Crippen molar-refractivity contribution in [2.45, 2.75) is 6.92 Å². The first kappa shape index (κ1) is 9.73. The Bertz CT molecular complexity index is 384. The third-order valence-corrected chi connectivity index (χ3v) is 3.78. The van der Waals surface area contributed by atoms with E-state index in [4.69, 9.17) is 0 Å². The Kier molecular flexibility index (Phi) is 2.88. The second-order valence-electron chi connectivity index (χ2n) is 2.92. The van der Waals surface area contributed by atoms with E-state index in [1.54, 1.807) is 11.8 Å². The molecule has 1 N–H and O–H groups in total. The van der Waals surface area contributed by atoms with Gasteiger partial charge in [0, 0.05) is 5.75 Å². The molecule has 2 rings (SSSR count). The van der Waals surface area contributed by atoms with Crippen LogP contribution >= 0.6 is 23.1 Å². The fraction of sp³-hybridized carbons (Fsp3) is 0.333. The van der Waals surface area contributed by atoms with Crippen molar-refractivity contribution in [3.05, 3.63) is 21.9 Å². The third-order valence-electron chi connectivity index (χ3n) is 1.87. The maximum Gasteiger partial charge on any atom is 0.267 e. The monoisotopic (exact) mass is 226 g/mol. The minimum atomic E-state index is -0.0364. The molecule has 0 spiro atoms. The van der Waals surface area contributed by atoms with Crippen LogP contribution in [0.1, 0.15) is 15.2 Å². The van der Waals surface area contributed by atoms with E-state index in [2.05, 4.69) is 10.3 Å². The number of hydrogen-bond acceptors (Lipinski definition) is 4. The number of carbonyl (C=O) groups is 1. The number of amidine groups is 1. The molecule has 0 saturated carbocycles. The highest BCUT2D eigenvalue weighted by molar-refractivity contribution is 8.14. The maximum atomic E-state index is 11.7. The first-order valence-electron chi connectivity index (χ1n) is 4.30. The molecule has 3 nitrogen and oxygen atoms in total. The third kappa shape index (κ3) is 1.99. The number of amides is 1. The molecule has 1 amide bonds. The van der Waals surface area contributed by atoms with Crippen LogP contribution in [0.4, 0.5) is 0 Å². The summed E-state index contributed by atoms with van der Waals surface area (Å²) < 4.78 is 0. The van der Waals surface area contributed by atoms with Crippen molar-refractivity contribution in [2.24, 2.45) is 4.99 Å². The Balaban J connectivity index is 2.06. The number of nitrogens with one attached hydrogen (secondary N) is 1. The standard InChI is InChI=1S/C9H10N2OS2/c1-6-2-4-13-7(6)8(12)11-9-10-3-5-14-9/h2,4H,3,5H2,1H3,(H,10,11,12). The van der Waals surface area contributed by atoms with Gasteiger partial charge in [0.25, 0.3) is 5.91 Å². The van der Waals surface area contributed by atoms with Crippen molar-refractivity contribution in [3.63, 3.8) is 0 Å². The molecule has 1 aromatic rings. The zero-order valence-electron chi connectivity index (χ0n) is 7.74. The van der Waals surface area contributed by atoms with Crippen LogP contribution in [0.5, 0.6) is 0 Å². The second kappa shape index (κ2) is 4.14. The van der Waals surface area contributed by atoms with Gasteiger partial charge in [0.05, 0.1) is 11.4 Å². The van der Waals surface area contributed by atoms with Gasteiger partial charge in [-0.1, -0.05) is 11.8 Å². The quantitative estimate of drug-likeness (QED) is 0.794. The number of thiophene rings is 1. The molecular formula is C9H10N2OS2. The topological polar surface area (TPSA) is 41.5 Å².